The molecule has 0 radical (unpaired) electrons. The molecule has 2 nitrogen and oxygen atoms in total. The molecule has 0 saturated heterocycles. The molecule has 0 spiro atoms. The minimum absolute atomic E-state index is 0.164. The Balaban J connectivity index is 3.30. The van der Waals surface area contributed by atoms with Gasteiger partial charge in [0.25, 0.3) is 5.78 Å². The van der Waals surface area contributed by atoms with E-state index in [1.165, 1.54) is 0 Å². The number of carbonyl (C=O) groups is 1. The minimum Gasteiger partial charge on any atom is -0.494 e. The number of hydrogen-bond acceptors (Lipinski definition) is 2. The van der Waals surface area contributed by atoms with Crippen LogP contribution < -0.4 is 4.74 Å². The Kier molecular flexibility index (Phi) is 3.16. The third kappa shape index (κ3) is 2.29. The third-order valence-corrected chi connectivity index (χ3v) is 1.74. The number of halogens is 5. The summed E-state index contributed by atoms with van der Waals surface area (Å²) in [7, 11) is 0.984. The molecule has 0 N–H and O–H groups in total. The largest absolute Gasteiger partial charge is 0.494 e. The predicted octanol–water partition coefficient (Wildman–Crippen LogP) is 2.72. The van der Waals surface area contributed by atoms with Gasteiger partial charge in [0.05, 0.1) is 12.7 Å². The van der Waals surface area contributed by atoms with Crippen LogP contribution in [0, 0.1) is 11.6 Å². The van der Waals surface area contributed by atoms with E-state index in [1.54, 1.807) is 0 Å². The molecule has 0 saturated carbocycles. The van der Waals surface area contributed by atoms with Crippen LogP contribution in [-0.4, -0.2) is 19.1 Å². The lowest BCUT2D eigenvalue weighted by Gasteiger charge is -2.08. The van der Waals surface area contributed by atoms with Gasteiger partial charge in [-0.3, -0.25) is 4.79 Å². The van der Waals surface area contributed by atoms with Crippen molar-refractivity contribution < 1.29 is 31.5 Å². The molecule has 0 aromatic heterocycles. The summed E-state index contributed by atoms with van der Waals surface area (Å²) in [5.41, 5.74) is -1.27. The van der Waals surface area contributed by atoms with E-state index >= 15 is 0 Å². The van der Waals surface area contributed by atoms with Crippen molar-refractivity contribution in [3.8, 4) is 5.75 Å². The Hall–Kier alpha value is -1.66. The molecule has 0 fully saturated rings. The molecule has 0 aliphatic rings. The van der Waals surface area contributed by atoms with Gasteiger partial charge < -0.3 is 4.74 Å². The fraction of sp³-hybridized carbons (Fsp3) is 0.222. The van der Waals surface area contributed by atoms with Crippen LogP contribution in [0.1, 0.15) is 10.4 Å². The fourth-order valence-electron chi connectivity index (χ4n) is 1.01. The molecule has 0 heterocycles. The molecule has 16 heavy (non-hydrogen) atoms. The normalized spacial score (nSPS) is 11.4. The van der Waals surface area contributed by atoms with Crippen LogP contribution in [0.15, 0.2) is 12.1 Å². The quantitative estimate of drug-likeness (QED) is 0.586. The van der Waals surface area contributed by atoms with Crippen LogP contribution in [0.5, 0.6) is 5.75 Å². The van der Waals surface area contributed by atoms with E-state index in [4.69, 9.17) is 0 Å². The lowest BCUT2D eigenvalue weighted by Crippen LogP contribution is -2.24. The number of rotatable bonds is 2. The number of hydrogen-bond donors (Lipinski definition) is 0. The molecule has 1 rings (SSSR count). The van der Waals surface area contributed by atoms with Crippen molar-refractivity contribution in [3.63, 3.8) is 0 Å². The fourth-order valence-corrected chi connectivity index (χ4v) is 1.01. The lowest BCUT2D eigenvalue weighted by molar-refractivity contribution is -0.0887. The molecule has 7 heteroatoms. The summed E-state index contributed by atoms with van der Waals surface area (Å²) in [5.74, 6) is -5.78. The number of alkyl halides is 3. The molecule has 0 aliphatic carbocycles. The van der Waals surface area contributed by atoms with Crippen molar-refractivity contribution in [1.29, 1.82) is 0 Å². The molecular formula is C9H5F5O2. The molecule has 88 valence electrons. The molecule has 0 amide bonds. The Morgan fingerprint density at radius 1 is 1.19 bits per heavy atom. The molecule has 0 aliphatic heterocycles. The zero-order chi connectivity index (χ0) is 12.5. The zero-order valence-electron chi connectivity index (χ0n) is 7.86. The number of carbonyl (C=O) groups excluding carboxylic acids is 1. The maximum Gasteiger partial charge on any atom is 0.454 e. The number of methoxy groups -OCH3 is 1. The molecule has 1 aromatic rings. The van der Waals surface area contributed by atoms with E-state index in [-0.39, 0.29) is 6.07 Å². The number of ether oxygens (including phenoxy) is 1. The zero-order valence-corrected chi connectivity index (χ0v) is 7.86. The summed E-state index contributed by atoms with van der Waals surface area (Å²) in [6.07, 6.45) is -5.22. The lowest BCUT2D eigenvalue weighted by atomic mass is 10.1. The first kappa shape index (κ1) is 12.4. The first-order valence-corrected chi connectivity index (χ1v) is 3.92. The van der Waals surface area contributed by atoms with Crippen LogP contribution in [0.4, 0.5) is 22.0 Å². The van der Waals surface area contributed by atoms with E-state index in [9.17, 15) is 26.7 Å². The SMILES string of the molecule is COc1cc(C(=O)C(F)(F)F)c(F)cc1F. The van der Waals surface area contributed by atoms with E-state index in [2.05, 4.69) is 4.74 Å². The molecular weight excluding hydrogens is 235 g/mol. The topological polar surface area (TPSA) is 26.3 Å². The third-order valence-electron chi connectivity index (χ3n) is 1.74. The van der Waals surface area contributed by atoms with Crippen molar-refractivity contribution in [1.82, 2.24) is 0 Å². The second kappa shape index (κ2) is 4.07. The summed E-state index contributed by atoms with van der Waals surface area (Å²) < 4.78 is 66.1. The highest BCUT2D eigenvalue weighted by molar-refractivity contribution is 6.00. The standard InChI is InChI=1S/C9H5F5O2/c1-16-7-2-4(5(10)3-6(7)11)8(15)9(12,13)14/h2-3H,1H3. The first-order chi connectivity index (χ1) is 7.27. The highest BCUT2D eigenvalue weighted by Crippen LogP contribution is 2.27. The molecule has 1 aromatic carbocycles. The highest BCUT2D eigenvalue weighted by atomic mass is 19.4. The van der Waals surface area contributed by atoms with Gasteiger partial charge in [0.1, 0.15) is 5.82 Å². The van der Waals surface area contributed by atoms with E-state index in [1.807, 2.05) is 0 Å². The van der Waals surface area contributed by atoms with E-state index in [0.717, 1.165) is 7.11 Å². The van der Waals surface area contributed by atoms with Gasteiger partial charge in [-0.2, -0.15) is 13.2 Å². The van der Waals surface area contributed by atoms with Crippen molar-refractivity contribution >= 4 is 5.78 Å². The van der Waals surface area contributed by atoms with Crippen molar-refractivity contribution in [2.45, 2.75) is 6.18 Å². The minimum atomic E-state index is -5.22. The second-order valence-corrected chi connectivity index (χ2v) is 2.79. The van der Waals surface area contributed by atoms with Gasteiger partial charge in [-0.15, -0.1) is 0 Å². The monoisotopic (exact) mass is 240 g/mol. The highest BCUT2D eigenvalue weighted by Gasteiger charge is 2.41. The smallest absolute Gasteiger partial charge is 0.454 e. The van der Waals surface area contributed by atoms with Gasteiger partial charge in [0.2, 0.25) is 0 Å². The van der Waals surface area contributed by atoms with E-state index in [0.29, 0.717) is 6.07 Å². The van der Waals surface area contributed by atoms with Crippen LogP contribution in [0.25, 0.3) is 0 Å². The van der Waals surface area contributed by atoms with Crippen molar-refractivity contribution in [2.24, 2.45) is 0 Å². The Morgan fingerprint density at radius 2 is 1.75 bits per heavy atom. The van der Waals surface area contributed by atoms with Gasteiger partial charge in [-0.25, -0.2) is 8.78 Å². The maximum atomic E-state index is 12.9. The van der Waals surface area contributed by atoms with E-state index < -0.39 is 34.9 Å². The number of benzene rings is 1. The Bertz CT molecular complexity index is 425. The van der Waals surface area contributed by atoms with Gasteiger partial charge in [0, 0.05) is 6.07 Å². The summed E-state index contributed by atoms with van der Waals surface area (Å²) in [6, 6.07) is 0.540. The molecule has 0 unspecified atom stereocenters. The second-order valence-electron chi connectivity index (χ2n) is 2.79. The Morgan fingerprint density at radius 3 is 2.19 bits per heavy atom. The van der Waals surface area contributed by atoms with Crippen LogP contribution in [0.2, 0.25) is 0 Å². The van der Waals surface area contributed by atoms with Gasteiger partial charge in [-0.05, 0) is 6.07 Å². The van der Waals surface area contributed by atoms with Crippen molar-refractivity contribution in [3.05, 3.63) is 29.3 Å². The van der Waals surface area contributed by atoms with Gasteiger partial charge in [0.15, 0.2) is 11.6 Å². The van der Waals surface area contributed by atoms with Crippen LogP contribution in [0.3, 0.4) is 0 Å². The van der Waals surface area contributed by atoms with Crippen LogP contribution >= 0.6 is 0 Å². The predicted molar refractivity (Wildman–Crippen MR) is 43.3 cm³/mol. The van der Waals surface area contributed by atoms with Gasteiger partial charge >= 0.3 is 6.18 Å². The van der Waals surface area contributed by atoms with Crippen LogP contribution in [-0.2, 0) is 0 Å². The number of Topliss-reactive ketones (excluding diaryl/α,β-unsaturated/α-hetero) is 1. The average molecular weight is 240 g/mol. The molecule has 0 bridgehead atoms. The summed E-state index contributed by atoms with van der Waals surface area (Å²) >= 11 is 0. The first-order valence-electron chi connectivity index (χ1n) is 3.92. The summed E-state index contributed by atoms with van der Waals surface area (Å²) in [4.78, 5) is 10.7. The summed E-state index contributed by atoms with van der Waals surface area (Å²) in [5, 5.41) is 0. The van der Waals surface area contributed by atoms with Crippen molar-refractivity contribution in [2.75, 3.05) is 7.11 Å². The summed E-state index contributed by atoms with van der Waals surface area (Å²) in [6.45, 7) is 0. The van der Waals surface area contributed by atoms with Gasteiger partial charge in [-0.1, -0.05) is 0 Å². The molecule has 0 atom stereocenters. The average Bonchev–Trinajstić information content (AvgIpc) is 2.15. The maximum absolute atomic E-state index is 12.9. The number of ketones is 1. The Labute approximate surface area is 86.6 Å².